The Morgan fingerprint density at radius 1 is 1.16 bits per heavy atom. The van der Waals surface area contributed by atoms with E-state index in [9.17, 15) is 27.2 Å². The molecule has 0 aliphatic heterocycles. The number of nitriles is 1. The lowest BCUT2D eigenvalue weighted by Crippen LogP contribution is -2.27. The van der Waals surface area contributed by atoms with E-state index in [1.54, 1.807) is 13.0 Å². The number of H-pyrrole nitrogens is 1. The number of rotatable bonds is 6. The first-order valence-electron chi connectivity index (χ1n) is 10.9. The van der Waals surface area contributed by atoms with Crippen molar-refractivity contribution < 1.29 is 22.3 Å². The summed E-state index contributed by atoms with van der Waals surface area (Å²) in [5, 5.41) is 9.13. The van der Waals surface area contributed by atoms with Crippen molar-refractivity contribution in [2.24, 2.45) is 0 Å². The molecule has 0 amide bonds. The number of hydrogen-bond acceptors (Lipinski definition) is 6. The predicted octanol–water partition coefficient (Wildman–Crippen LogP) is 5.08. The number of aryl methyl sites for hydroxylation is 1. The van der Waals surface area contributed by atoms with Gasteiger partial charge in [-0.15, -0.1) is 0 Å². The van der Waals surface area contributed by atoms with E-state index in [0.29, 0.717) is 23.2 Å². The highest BCUT2D eigenvalue weighted by Gasteiger charge is 2.39. The Hall–Kier alpha value is -4.50. The summed E-state index contributed by atoms with van der Waals surface area (Å²) in [5.41, 5.74) is -1.96. The number of aromatic nitrogens is 4. The Bertz CT molecular complexity index is 1680. The van der Waals surface area contributed by atoms with Crippen LogP contribution in [0.4, 0.5) is 17.6 Å². The maximum Gasteiger partial charge on any atom is 0.437 e. The van der Waals surface area contributed by atoms with Crippen molar-refractivity contribution in [1.82, 2.24) is 19.5 Å². The van der Waals surface area contributed by atoms with Gasteiger partial charge in [-0.05, 0) is 48.4 Å². The van der Waals surface area contributed by atoms with Crippen LogP contribution < -0.4 is 15.9 Å². The van der Waals surface area contributed by atoms with Gasteiger partial charge in [0.2, 0.25) is 11.7 Å². The van der Waals surface area contributed by atoms with Crippen LogP contribution >= 0.6 is 11.6 Å². The fourth-order valence-corrected chi connectivity index (χ4v) is 3.91. The second-order valence-electron chi connectivity index (χ2n) is 7.98. The highest BCUT2D eigenvalue weighted by atomic mass is 35.5. The first-order chi connectivity index (χ1) is 18.0. The van der Waals surface area contributed by atoms with Crippen molar-refractivity contribution in [3.05, 3.63) is 103 Å². The van der Waals surface area contributed by atoms with Crippen molar-refractivity contribution in [2.75, 3.05) is 0 Å². The second-order valence-corrected chi connectivity index (χ2v) is 8.42. The van der Waals surface area contributed by atoms with E-state index in [0.717, 1.165) is 35.3 Å². The second kappa shape index (κ2) is 10.5. The van der Waals surface area contributed by atoms with Crippen LogP contribution in [0.5, 0.6) is 11.5 Å². The summed E-state index contributed by atoms with van der Waals surface area (Å²) in [6.45, 7) is 1.46. The third kappa shape index (κ3) is 5.57. The Morgan fingerprint density at radius 3 is 2.55 bits per heavy atom. The average Bonchev–Trinajstić information content (AvgIpc) is 2.86. The monoisotopic (exact) mass is 545 g/mol. The summed E-state index contributed by atoms with van der Waals surface area (Å²) in [6.07, 6.45) is -2.81. The van der Waals surface area contributed by atoms with Gasteiger partial charge < -0.3 is 9.72 Å². The van der Waals surface area contributed by atoms with Crippen LogP contribution in [0.1, 0.15) is 29.4 Å². The summed E-state index contributed by atoms with van der Waals surface area (Å²) in [4.78, 5) is 35.5. The quantitative estimate of drug-likeness (QED) is 0.267. The summed E-state index contributed by atoms with van der Waals surface area (Å²) in [5.74, 6) is -2.12. The molecular formula is C25H16ClF4N5O3. The highest BCUT2D eigenvalue weighted by Crippen LogP contribution is 2.35. The molecule has 13 heteroatoms. The molecule has 4 rings (SSSR count). The molecule has 0 saturated heterocycles. The minimum absolute atomic E-state index is 0.00825. The lowest BCUT2D eigenvalue weighted by Gasteiger charge is -2.16. The molecule has 0 unspecified atom stereocenters. The number of halogens is 5. The van der Waals surface area contributed by atoms with Crippen LogP contribution in [0.2, 0.25) is 5.02 Å². The van der Waals surface area contributed by atoms with Crippen LogP contribution in [-0.4, -0.2) is 19.5 Å². The number of nitrogens with one attached hydrogen (secondary N) is 1. The van der Waals surface area contributed by atoms with E-state index in [1.807, 2.05) is 0 Å². The van der Waals surface area contributed by atoms with Gasteiger partial charge in [0.25, 0.3) is 11.1 Å². The molecule has 0 atom stereocenters. The molecule has 8 nitrogen and oxygen atoms in total. The Morgan fingerprint density at radius 2 is 1.92 bits per heavy atom. The fourth-order valence-electron chi connectivity index (χ4n) is 3.68. The molecule has 1 N–H and O–H groups in total. The minimum atomic E-state index is -5.03. The number of aromatic amines is 1. The number of alkyl halides is 3. The summed E-state index contributed by atoms with van der Waals surface area (Å²) < 4.78 is 60.6. The summed E-state index contributed by atoms with van der Waals surface area (Å²) in [6, 6.07) is 9.22. The smallest absolute Gasteiger partial charge is 0.437 e. The fraction of sp³-hybridized carbons (Fsp3) is 0.160. The number of ether oxygens (including phenoxy) is 1. The SMILES string of the molecule is CCc1[nH]c(=O)c(-c2ccc(F)nc2)cc1Cn1cnc(C(F)(F)F)c(Oc2cc(Cl)cc(C#N)c2)c1=O. The van der Waals surface area contributed by atoms with Crippen molar-refractivity contribution in [3.63, 3.8) is 0 Å². The van der Waals surface area contributed by atoms with Gasteiger partial charge in [0.05, 0.1) is 24.5 Å². The topological polar surface area (TPSA) is 114 Å². The van der Waals surface area contributed by atoms with E-state index in [1.165, 1.54) is 18.2 Å². The third-order valence-electron chi connectivity index (χ3n) is 5.43. The standard InChI is InChI=1S/C25H16ClF4N5O3/c1-2-19-15(7-18(23(36)34-19)14-3-4-20(27)32-10-14)11-35-12-33-22(25(28,29)30)21(24(35)37)38-17-6-13(9-31)5-16(26)8-17/h3-8,10,12H,2,11H2,1H3,(H,34,36). The predicted molar refractivity (Wildman–Crippen MR) is 128 cm³/mol. The molecule has 194 valence electrons. The van der Waals surface area contributed by atoms with E-state index >= 15 is 0 Å². The lowest BCUT2D eigenvalue weighted by atomic mass is 10.0. The van der Waals surface area contributed by atoms with Crippen LogP contribution in [0.3, 0.4) is 0 Å². The van der Waals surface area contributed by atoms with Gasteiger partial charge in [0.1, 0.15) is 5.75 Å². The molecule has 1 aromatic carbocycles. The van der Waals surface area contributed by atoms with Crippen LogP contribution in [0, 0.1) is 17.3 Å². The lowest BCUT2D eigenvalue weighted by molar-refractivity contribution is -0.142. The van der Waals surface area contributed by atoms with Gasteiger partial charge >= 0.3 is 6.18 Å². The zero-order valence-corrected chi connectivity index (χ0v) is 20.2. The van der Waals surface area contributed by atoms with Gasteiger partial charge in [0.15, 0.2) is 5.69 Å². The molecular weight excluding hydrogens is 530 g/mol. The van der Waals surface area contributed by atoms with Crippen molar-refractivity contribution in [2.45, 2.75) is 26.1 Å². The van der Waals surface area contributed by atoms with Gasteiger partial charge in [-0.3, -0.25) is 14.2 Å². The molecule has 3 aromatic heterocycles. The molecule has 0 bridgehead atoms. The first-order valence-corrected chi connectivity index (χ1v) is 11.3. The van der Waals surface area contributed by atoms with Gasteiger partial charge in [-0.2, -0.15) is 22.8 Å². The number of pyridine rings is 2. The summed E-state index contributed by atoms with van der Waals surface area (Å²) in [7, 11) is 0. The molecule has 0 aliphatic rings. The number of nitrogens with zero attached hydrogens (tertiary/aromatic N) is 4. The molecule has 0 spiro atoms. The third-order valence-corrected chi connectivity index (χ3v) is 5.65. The van der Waals surface area contributed by atoms with Crippen LogP contribution in [0.15, 0.2) is 58.5 Å². The number of hydrogen-bond donors (Lipinski definition) is 1. The Kier molecular flexibility index (Phi) is 7.32. The van der Waals surface area contributed by atoms with E-state index in [4.69, 9.17) is 21.6 Å². The van der Waals surface area contributed by atoms with Gasteiger partial charge in [-0.1, -0.05) is 18.5 Å². The zero-order valence-electron chi connectivity index (χ0n) is 19.4. The first kappa shape index (κ1) is 26.6. The maximum atomic E-state index is 13.7. The maximum absolute atomic E-state index is 13.7. The van der Waals surface area contributed by atoms with Crippen molar-refractivity contribution >= 4 is 11.6 Å². The number of benzene rings is 1. The largest absolute Gasteiger partial charge is 0.449 e. The van der Waals surface area contributed by atoms with E-state index < -0.39 is 34.7 Å². The zero-order chi connectivity index (χ0) is 27.6. The molecule has 0 fully saturated rings. The van der Waals surface area contributed by atoms with Crippen molar-refractivity contribution in [3.8, 4) is 28.7 Å². The van der Waals surface area contributed by atoms with E-state index in [-0.39, 0.29) is 28.4 Å². The normalized spacial score (nSPS) is 11.3. The molecule has 4 aromatic rings. The van der Waals surface area contributed by atoms with Gasteiger partial charge in [0, 0.05) is 28.0 Å². The van der Waals surface area contributed by atoms with Crippen LogP contribution in [0.25, 0.3) is 11.1 Å². The molecule has 38 heavy (non-hydrogen) atoms. The Balaban J connectivity index is 1.82. The molecule has 0 saturated carbocycles. The molecule has 3 heterocycles. The molecule has 0 aliphatic carbocycles. The van der Waals surface area contributed by atoms with Crippen LogP contribution in [-0.2, 0) is 19.1 Å². The summed E-state index contributed by atoms with van der Waals surface area (Å²) >= 11 is 5.92. The van der Waals surface area contributed by atoms with Crippen molar-refractivity contribution in [1.29, 1.82) is 5.26 Å². The van der Waals surface area contributed by atoms with Gasteiger partial charge in [-0.25, -0.2) is 9.97 Å². The Labute approximate surface area is 216 Å². The highest BCUT2D eigenvalue weighted by molar-refractivity contribution is 6.30. The average molecular weight is 546 g/mol. The minimum Gasteiger partial charge on any atom is -0.449 e. The van der Waals surface area contributed by atoms with E-state index in [2.05, 4.69) is 15.0 Å². The molecule has 0 radical (unpaired) electrons.